The maximum absolute atomic E-state index is 10.6. The van der Waals surface area contributed by atoms with E-state index in [0.717, 1.165) is 19.3 Å². The highest BCUT2D eigenvalue weighted by atomic mass is 16.3. The Morgan fingerprint density at radius 3 is 2.61 bits per heavy atom. The van der Waals surface area contributed by atoms with Crippen LogP contribution >= 0.6 is 0 Å². The molecule has 2 N–H and O–H groups in total. The number of hydrogen-bond acceptors (Lipinski definition) is 3. The fraction of sp³-hybridized carbons (Fsp3) is 0.840. The first kappa shape index (κ1) is 20.6. The minimum Gasteiger partial charge on any atom is -0.392 e. The van der Waals surface area contributed by atoms with E-state index < -0.39 is 0 Å². The molecule has 0 aromatic rings. The van der Waals surface area contributed by atoms with Crippen LogP contribution in [0.15, 0.2) is 23.8 Å². The molecule has 1 aliphatic heterocycles. The normalized spacial score (nSPS) is 36.9. The predicted octanol–water partition coefficient (Wildman–Crippen LogP) is 4.69. The third-order valence-corrected chi connectivity index (χ3v) is 8.08. The van der Waals surface area contributed by atoms with Gasteiger partial charge in [0.15, 0.2) is 0 Å². The lowest BCUT2D eigenvalue weighted by Gasteiger charge is -2.19. The molecule has 0 bridgehead atoms. The molecule has 4 aliphatic rings. The molecule has 5 atom stereocenters. The van der Waals surface area contributed by atoms with Crippen LogP contribution < -0.4 is 0 Å². The highest BCUT2D eigenvalue weighted by molar-refractivity contribution is 5.18. The van der Waals surface area contributed by atoms with Gasteiger partial charge in [0.1, 0.15) is 0 Å². The van der Waals surface area contributed by atoms with Crippen molar-refractivity contribution in [3.05, 3.63) is 23.8 Å². The van der Waals surface area contributed by atoms with E-state index in [4.69, 9.17) is 0 Å². The predicted molar refractivity (Wildman–Crippen MR) is 115 cm³/mol. The van der Waals surface area contributed by atoms with E-state index in [1.807, 2.05) is 6.08 Å². The van der Waals surface area contributed by atoms with Gasteiger partial charge < -0.3 is 15.1 Å². The lowest BCUT2D eigenvalue weighted by atomic mass is 9.89. The van der Waals surface area contributed by atoms with Crippen molar-refractivity contribution in [1.82, 2.24) is 4.90 Å². The standard InChI is InChI=1S/C25H41NO2/c27-24(20-9-3-4-10-20)12-11-22-23-17-19(16-21(23)18-25(22)28)8-2-1-5-13-26-14-6-7-15-26/h8,11-12,20-25,27-28H,1-7,9-10,13-18H2/b12-11+,19-8?/t21-,22+,23-,24-,25+/m0/s1. The quantitative estimate of drug-likeness (QED) is 0.469. The molecule has 28 heavy (non-hydrogen) atoms. The number of rotatable bonds is 8. The van der Waals surface area contributed by atoms with Crippen LogP contribution in [-0.2, 0) is 0 Å². The maximum atomic E-state index is 10.6. The first-order valence-corrected chi connectivity index (χ1v) is 12.2. The topological polar surface area (TPSA) is 43.7 Å². The maximum Gasteiger partial charge on any atom is 0.0749 e. The van der Waals surface area contributed by atoms with Crippen molar-refractivity contribution in [2.75, 3.05) is 19.6 Å². The average molecular weight is 388 g/mol. The molecule has 1 heterocycles. The van der Waals surface area contributed by atoms with Crippen LogP contribution in [0.25, 0.3) is 0 Å². The highest BCUT2D eigenvalue weighted by Crippen LogP contribution is 2.50. The SMILES string of the molecule is O[C@@H]1C[C@@H]2CC(=CCCCCN3CCCC3)C[C@@H]2[C@H]1/C=C/[C@H](O)C1CCCC1. The second-order valence-electron chi connectivity index (χ2n) is 10.0. The zero-order valence-corrected chi connectivity index (χ0v) is 17.6. The number of aliphatic hydroxyl groups excluding tert-OH is 2. The van der Waals surface area contributed by atoms with Crippen molar-refractivity contribution < 1.29 is 10.2 Å². The van der Waals surface area contributed by atoms with Gasteiger partial charge in [0.2, 0.25) is 0 Å². The van der Waals surface area contributed by atoms with Gasteiger partial charge in [0.25, 0.3) is 0 Å². The van der Waals surface area contributed by atoms with Gasteiger partial charge in [0.05, 0.1) is 12.2 Å². The molecule has 158 valence electrons. The van der Waals surface area contributed by atoms with E-state index in [9.17, 15) is 10.2 Å². The summed E-state index contributed by atoms with van der Waals surface area (Å²) in [6.07, 6.45) is 21.0. The summed E-state index contributed by atoms with van der Waals surface area (Å²) in [5.41, 5.74) is 1.64. The first-order chi connectivity index (χ1) is 13.7. The molecule has 4 fully saturated rings. The third-order valence-electron chi connectivity index (χ3n) is 8.08. The fourth-order valence-corrected chi connectivity index (χ4v) is 6.43. The Morgan fingerprint density at radius 1 is 1.04 bits per heavy atom. The molecule has 0 spiro atoms. The molecule has 0 unspecified atom stereocenters. The number of fused-ring (bicyclic) bond motifs is 1. The Bertz CT molecular complexity index is 545. The van der Waals surface area contributed by atoms with Gasteiger partial charge in [-0.2, -0.15) is 0 Å². The molecule has 0 aromatic heterocycles. The molecule has 0 amide bonds. The molecule has 1 saturated heterocycles. The number of likely N-dealkylation sites (tertiary alicyclic amines) is 1. The van der Waals surface area contributed by atoms with Crippen molar-refractivity contribution >= 4 is 0 Å². The number of hydrogen-bond donors (Lipinski definition) is 2. The van der Waals surface area contributed by atoms with Crippen LogP contribution in [0.1, 0.15) is 77.0 Å². The van der Waals surface area contributed by atoms with Crippen LogP contribution in [0.5, 0.6) is 0 Å². The Kier molecular flexibility index (Phi) is 7.30. The molecular weight excluding hydrogens is 346 g/mol. The van der Waals surface area contributed by atoms with E-state index in [-0.39, 0.29) is 18.1 Å². The van der Waals surface area contributed by atoms with Gasteiger partial charge in [0, 0.05) is 5.92 Å². The van der Waals surface area contributed by atoms with Crippen molar-refractivity contribution in [2.45, 2.75) is 89.3 Å². The summed E-state index contributed by atoms with van der Waals surface area (Å²) in [5.74, 6) is 1.95. The molecular formula is C25H41NO2. The van der Waals surface area contributed by atoms with Gasteiger partial charge in [-0.05, 0) is 102 Å². The fourth-order valence-electron chi connectivity index (χ4n) is 6.43. The summed E-state index contributed by atoms with van der Waals surface area (Å²) in [6, 6.07) is 0. The van der Waals surface area contributed by atoms with E-state index in [0.29, 0.717) is 17.8 Å². The van der Waals surface area contributed by atoms with Crippen molar-refractivity contribution in [2.24, 2.45) is 23.7 Å². The summed E-state index contributed by atoms with van der Waals surface area (Å²) in [4.78, 5) is 2.62. The Labute approximate surface area is 171 Å². The molecule has 3 heteroatoms. The molecule has 0 radical (unpaired) electrons. The molecule has 3 saturated carbocycles. The second kappa shape index (κ2) is 9.91. The lowest BCUT2D eigenvalue weighted by molar-refractivity contribution is 0.135. The van der Waals surface area contributed by atoms with Gasteiger partial charge in [-0.15, -0.1) is 0 Å². The van der Waals surface area contributed by atoms with Crippen molar-refractivity contribution in [3.8, 4) is 0 Å². The largest absolute Gasteiger partial charge is 0.392 e. The van der Waals surface area contributed by atoms with Crippen LogP contribution in [0, 0.1) is 23.7 Å². The summed E-state index contributed by atoms with van der Waals surface area (Å²) >= 11 is 0. The highest BCUT2D eigenvalue weighted by Gasteiger charge is 2.45. The van der Waals surface area contributed by atoms with Gasteiger partial charge in [-0.1, -0.05) is 36.6 Å². The monoisotopic (exact) mass is 387 g/mol. The summed E-state index contributed by atoms with van der Waals surface area (Å²) in [7, 11) is 0. The van der Waals surface area contributed by atoms with Crippen LogP contribution in [0.2, 0.25) is 0 Å². The van der Waals surface area contributed by atoms with E-state index in [1.54, 1.807) is 5.57 Å². The zero-order valence-electron chi connectivity index (χ0n) is 17.6. The average Bonchev–Trinajstić information content (AvgIpc) is 3.46. The summed E-state index contributed by atoms with van der Waals surface area (Å²) < 4.78 is 0. The minimum atomic E-state index is -0.305. The lowest BCUT2D eigenvalue weighted by Crippen LogP contribution is -2.20. The first-order valence-electron chi connectivity index (χ1n) is 12.2. The smallest absolute Gasteiger partial charge is 0.0749 e. The second-order valence-corrected chi connectivity index (χ2v) is 10.0. The summed E-state index contributed by atoms with van der Waals surface area (Å²) in [6.45, 7) is 3.92. The van der Waals surface area contributed by atoms with E-state index >= 15 is 0 Å². The molecule has 0 aromatic carbocycles. The zero-order chi connectivity index (χ0) is 19.3. The van der Waals surface area contributed by atoms with E-state index in [1.165, 1.54) is 77.4 Å². The van der Waals surface area contributed by atoms with E-state index in [2.05, 4.69) is 17.1 Å². The third kappa shape index (κ3) is 5.09. The molecule has 4 rings (SSSR count). The molecule has 3 aliphatic carbocycles. The van der Waals surface area contributed by atoms with Gasteiger partial charge >= 0.3 is 0 Å². The number of unbranched alkanes of at least 4 members (excludes halogenated alkanes) is 2. The Balaban J connectivity index is 1.22. The van der Waals surface area contributed by atoms with Crippen LogP contribution in [-0.4, -0.2) is 47.0 Å². The minimum absolute atomic E-state index is 0.205. The van der Waals surface area contributed by atoms with Gasteiger partial charge in [-0.3, -0.25) is 0 Å². The van der Waals surface area contributed by atoms with Crippen molar-refractivity contribution in [3.63, 3.8) is 0 Å². The van der Waals surface area contributed by atoms with Crippen LogP contribution in [0.3, 0.4) is 0 Å². The van der Waals surface area contributed by atoms with Crippen molar-refractivity contribution in [1.29, 1.82) is 0 Å². The number of nitrogens with zero attached hydrogens (tertiary/aromatic N) is 1. The van der Waals surface area contributed by atoms with Gasteiger partial charge in [-0.25, -0.2) is 0 Å². The Hall–Kier alpha value is -0.640. The Morgan fingerprint density at radius 2 is 1.82 bits per heavy atom. The number of aliphatic hydroxyl groups is 2. The van der Waals surface area contributed by atoms with Crippen LogP contribution in [0.4, 0.5) is 0 Å². The molecule has 3 nitrogen and oxygen atoms in total. The number of allylic oxidation sites excluding steroid dienone is 2. The summed E-state index contributed by atoms with van der Waals surface area (Å²) in [5, 5.41) is 21.0.